The van der Waals surface area contributed by atoms with Crippen LogP contribution in [0.4, 0.5) is 0 Å². The van der Waals surface area contributed by atoms with Crippen molar-refractivity contribution in [3.8, 4) is 22.8 Å². The zero-order valence-electron chi connectivity index (χ0n) is 14.4. The van der Waals surface area contributed by atoms with Crippen LogP contribution in [0.5, 0.6) is 11.5 Å². The van der Waals surface area contributed by atoms with Gasteiger partial charge >= 0.3 is 0 Å². The Morgan fingerprint density at radius 2 is 1.93 bits per heavy atom. The summed E-state index contributed by atoms with van der Waals surface area (Å²) in [4.78, 5) is 12.2. The molecule has 142 valence electrons. The molecule has 3 aromatic rings. The van der Waals surface area contributed by atoms with Crippen LogP contribution in [0.3, 0.4) is 0 Å². The van der Waals surface area contributed by atoms with E-state index in [9.17, 15) is 4.79 Å². The maximum absolute atomic E-state index is 12.2. The third-order valence-electron chi connectivity index (χ3n) is 3.99. The van der Waals surface area contributed by atoms with Gasteiger partial charge in [-0.2, -0.15) is 5.10 Å². The topological polar surface area (TPSA) is 73.1 Å². The number of carbonyl (C=O) groups excluding carboxylic acids is 1. The van der Waals surface area contributed by atoms with Gasteiger partial charge in [-0.25, -0.2) is 5.43 Å². The van der Waals surface area contributed by atoms with Gasteiger partial charge < -0.3 is 13.9 Å². The zero-order chi connectivity index (χ0) is 19.5. The van der Waals surface area contributed by atoms with E-state index in [1.54, 1.807) is 42.5 Å². The van der Waals surface area contributed by atoms with Gasteiger partial charge in [-0.15, -0.1) is 0 Å². The quantitative estimate of drug-likeness (QED) is 0.500. The van der Waals surface area contributed by atoms with E-state index >= 15 is 0 Å². The van der Waals surface area contributed by atoms with E-state index in [1.165, 1.54) is 6.21 Å². The summed E-state index contributed by atoms with van der Waals surface area (Å²) in [7, 11) is 0. The molecule has 0 radical (unpaired) electrons. The van der Waals surface area contributed by atoms with Crippen molar-refractivity contribution in [1.29, 1.82) is 0 Å². The van der Waals surface area contributed by atoms with Gasteiger partial charge in [-0.3, -0.25) is 4.79 Å². The second-order valence-corrected chi connectivity index (χ2v) is 6.77. The molecule has 2 heterocycles. The van der Waals surface area contributed by atoms with E-state index in [4.69, 9.17) is 37.1 Å². The first-order chi connectivity index (χ1) is 13.6. The number of carbonyl (C=O) groups is 1. The van der Waals surface area contributed by atoms with Crippen LogP contribution in [0.2, 0.25) is 10.0 Å². The number of benzene rings is 2. The van der Waals surface area contributed by atoms with Crippen LogP contribution in [0.25, 0.3) is 11.3 Å². The fourth-order valence-electron chi connectivity index (χ4n) is 2.64. The Labute approximate surface area is 170 Å². The molecule has 0 fully saturated rings. The highest BCUT2D eigenvalue weighted by Crippen LogP contribution is 2.32. The summed E-state index contributed by atoms with van der Waals surface area (Å²) in [6.07, 6.45) is 0.607. The number of nitrogens with one attached hydrogen (secondary N) is 1. The third kappa shape index (κ3) is 3.98. The van der Waals surface area contributed by atoms with Crippen molar-refractivity contribution >= 4 is 35.3 Å². The van der Waals surface area contributed by atoms with E-state index in [2.05, 4.69) is 10.5 Å². The lowest BCUT2D eigenvalue weighted by molar-refractivity contribution is -0.130. The van der Waals surface area contributed by atoms with E-state index in [0.29, 0.717) is 38.6 Å². The molecule has 6 nitrogen and oxygen atoms in total. The maximum Gasteiger partial charge on any atom is 0.284 e. The van der Waals surface area contributed by atoms with Crippen molar-refractivity contribution in [2.24, 2.45) is 5.10 Å². The van der Waals surface area contributed by atoms with Crippen LogP contribution in [0.15, 0.2) is 64.1 Å². The second-order valence-electron chi connectivity index (χ2n) is 5.92. The zero-order valence-corrected chi connectivity index (χ0v) is 15.9. The molecule has 1 atom stereocenters. The molecule has 28 heavy (non-hydrogen) atoms. The van der Waals surface area contributed by atoms with Crippen LogP contribution >= 0.6 is 23.2 Å². The molecule has 0 saturated heterocycles. The second kappa shape index (κ2) is 7.96. The Morgan fingerprint density at radius 1 is 1.11 bits per heavy atom. The minimum absolute atomic E-state index is 0.109. The van der Waals surface area contributed by atoms with Crippen LogP contribution in [0, 0.1) is 0 Å². The number of hydrogen-bond donors (Lipinski definition) is 1. The largest absolute Gasteiger partial charge is 0.485 e. The average Bonchev–Trinajstić information content (AvgIpc) is 3.16. The van der Waals surface area contributed by atoms with Crippen LogP contribution < -0.4 is 14.9 Å². The number of hydrogen-bond acceptors (Lipinski definition) is 5. The third-order valence-corrected chi connectivity index (χ3v) is 4.54. The van der Waals surface area contributed by atoms with Gasteiger partial charge in [0.25, 0.3) is 5.91 Å². The number of amides is 1. The lowest BCUT2D eigenvalue weighted by atomic mass is 10.2. The van der Waals surface area contributed by atoms with Gasteiger partial charge in [0.1, 0.15) is 18.1 Å². The highest BCUT2D eigenvalue weighted by molar-refractivity contribution is 6.36. The first-order valence-electron chi connectivity index (χ1n) is 8.37. The molecule has 1 aliphatic heterocycles. The molecule has 0 saturated carbocycles. The summed E-state index contributed by atoms with van der Waals surface area (Å²) in [5.41, 5.74) is 3.13. The first-order valence-corrected chi connectivity index (χ1v) is 9.12. The van der Waals surface area contributed by atoms with E-state index in [0.717, 1.165) is 0 Å². The highest BCUT2D eigenvalue weighted by atomic mass is 35.5. The molecule has 8 heteroatoms. The van der Waals surface area contributed by atoms with Crippen molar-refractivity contribution in [3.05, 3.63) is 70.4 Å². The minimum Gasteiger partial charge on any atom is -0.485 e. The number of rotatable bonds is 4. The smallest absolute Gasteiger partial charge is 0.284 e. The fraction of sp³-hybridized carbons (Fsp3) is 0.100. The van der Waals surface area contributed by atoms with Crippen molar-refractivity contribution in [2.75, 3.05) is 6.61 Å². The number of hydrazone groups is 1. The highest BCUT2D eigenvalue weighted by Gasteiger charge is 2.27. The van der Waals surface area contributed by atoms with Crippen LogP contribution in [0.1, 0.15) is 5.76 Å². The van der Waals surface area contributed by atoms with Gasteiger partial charge in [0.05, 0.1) is 11.2 Å². The Hall–Kier alpha value is -2.96. The Morgan fingerprint density at radius 3 is 2.75 bits per heavy atom. The molecule has 1 aliphatic rings. The van der Waals surface area contributed by atoms with Crippen molar-refractivity contribution in [1.82, 2.24) is 5.43 Å². The summed E-state index contributed by atoms with van der Waals surface area (Å²) in [6.45, 7) is 0.109. The number of halogens is 2. The summed E-state index contributed by atoms with van der Waals surface area (Å²) < 4.78 is 16.8. The lowest BCUT2D eigenvalue weighted by Gasteiger charge is -2.24. The predicted molar refractivity (Wildman–Crippen MR) is 106 cm³/mol. The van der Waals surface area contributed by atoms with Crippen molar-refractivity contribution in [3.63, 3.8) is 0 Å². The molecule has 1 unspecified atom stereocenters. The lowest BCUT2D eigenvalue weighted by Crippen LogP contribution is -2.42. The normalized spacial score (nSPS) is 15.6. The Bertz CT molecular complexity index is 1050. The van der Waals surface area contributed by atoms with Gasteiger partial charge in [0, 0.05) is 10.6 Å². The maximum atomic E-state index is 12.2. The molecule has 0 aliphatic carbocycles. The Balaban J connectivity index is 1.38. The van der Waals surface area contributed by atoms with Gasteiger partial charge in [-0.1, -0.05) is 35.3 Å². The SMILES string of the molecule is O=C(N/N=C/c1ccc(-c2ccc(Cl)cc2Cl)o1)C1COc2ccccc2O1. The predicted octanol–water partition coefficient (Wildman–Crippen LogP) is 4.54. The van der Waals surface area contributed by atoms with Gasteiger partial charge in [-0.05, 0) is 42.5 Å². The summed E-state index contributed by atoms with van der Waals surface area (Å²) in [6, 6.07) is 15.8. The van der Waals surface area contributed by atoms with E-state index < -0.39 is 12.0 Å². The number of para-hydroxylation sites is 2. The molecule has 0 spiro atoms. The minimum atomic E-state index is -0.785. The molecule has 2 aromatic carbocycles. The van der Waals surface area contributed by atoms with Crippen LogP contribution in [-0.4, -0.2) is 24.8 Å². The van der Waals surface area contributed by atoms with Crippen molar-refractivity contribution < 1.29 is 18.7 Å². The molecule has 1 N–H and O–H groups in total. The van der Waals surface area contributed by atoms with Gasteiger partial charge in [0.2, 0.25) is 6.10 Å². The van der Waals surface area contributed by atoms with E-state index in [-0.39, 0.29) is 6.61 Å². The standard InChI is InChI=1S/C20H14Cl2N2O4/c21-12-5-7-14(15(22)9-12)16-8-6-13(27-16)10-23-24-20(25)19-11-26-17-3-1-2-4-18(17)28-19/h1-10,19H,11H2,(H,24,25)/b23-10+. The molecular weight excluding hydrogens is 403 g/mol. The Kier molecular flexibility index (Phi) is 5.23. The summed E-state index contributed by atoms with van der Waals surface area (Å²) in [5.74, 6) is 1.73. The average molecular weight is 417 g/mol. The monoisotopic (exact) mass is 416 g/mol. The van der Waals surface area contributed by atoms with Crippen LogP contribution in [-0.2, 0) is 4.79 Å². The number of ether oxygens (including phenoxy) is 2. The fourth-order valence-corrected chi connectivity index (χ4v) is 3.14. The number of fused-ring (bicyclic) bond motifs is 1. The molecule has 0 bridgehead atoms. The summed E-state index contributed by atoms with van der Waals surface area (Å²) in [5, 5.41) is 4.93. The molecular formula is C20H14Cl2N2O4. The number of furan rings is 1. The summed E-state index contributed by atoms with van der Waals surface area (Å²) >= 11 is 12.1. The molecule has 1 aromatic heterocycles. The van der Waals surface area contributed by atoms with Gasteiger partial charge in [0.15, 0.2) is 11.5 Å². The number of nitrogens with zero attached hydrogens (tertiary/aromatic N) is 1. The molecule has 1 amide bonds. The first kappa shape index (κ1) is 18.4. The molecule has 4 rings (SSSR count). The van der Waals surface area contributed by atoms with Crippen molar-refractivity contribution in [2.45, 2.75) is 6.10 Å². The van der Waals surface area contributed by atoms with E-state index in [1.807, 2.05) is 12.1 Å².